The van der Waals surface area contributed by atoms with Gasteiger partial charge in [-0.25, -0.2) is 0 Å². The summed E-state index contributed by atoms with van der Waals surface area (Å²) < 4.78 is 5.46. The van der Waals surface area contributed by atoms with E-state index >= 15 is 0 Å². The number of carbonyl (C=O) groups is 1. The highest BCUT2D eigenvalue weighted by Gasteiger charge is 2.08. The predicted octanol–water partition coefficient (Wildman–Crippen LogP) is 1.93. The molecule has 0 aliphatic rings. The Labute approximate surface area is 96.6 Å². The van der Waals surface area contributed by atoms with Crippen LogP contribution in [0.25, 0.3) is 0 Å². The lowest BCUT2D eigenvalue weighted by atomic mass is 10.0. The summed E-state index contributed by atoms with van der Waals surface area (Å²) in [5.74, 6) is 0.883. The van der Waals surface area contributed by atoms with Crippen molar-refractivity contribution < 1.29 is 9.53 Å². The zero-order chi connectivity index (χ0) is 12.0. The molecule has 2 N–H and O–H groups in total. The molecule has 0 saturated carbocycles. The van der Waals surface area contributed by atoms with Gasteiger partial charge in [0.2, 0.25) is 0 Å². The molecular weight excluding hydrogens is 202 g/mol. The Morgan fingerprint density at radius 3 is 2.50 bits per heavy atom. The van der Waals surface area contributed by atoms with Gasteiger partial charge in [-0.15, -0.1) is 0 Å². The Morgan fingerprint density at radius 1 is 1.38 bits per heavy atom. The van der Waals surface area contributed by atoms with Gasteiger partial charge in [0.15, 0.2) is 0 Å². The van der Waals surface area contributed by atoms with Gasteiger partial charge in [-0.1, -0.05) is 19.1 Å². The van der Waals surface area contributed by atoms with Crippen molar-refractivity contribution in [2.75, 3.05) is 6.61 Å². The van der Waals surface area contributed by atoms with Crippen LogP contribution in [0.1, 0.15) is 25.8 Å². The lowest BCUT2D eigenvalue weighted by Gasteiger charge is -2.09. The number of Topliss-reactive ketones (excluding diaryl/α,β-unsaturated/α-hetero) is 1. The third-order valence-corrected chi connectivity index (χ3v) is 2.37. The summed E-state index contributed by atoms with van der Waals surface area (Å²) in [5, 5.41) is 0. The maximum absolute atomic E-state index is 11.0. The zero-order valence-electron chi connectivity index (χ0n) is 9.90. The Kier molecular flexibility index (Phi) is 4.99. The van der Waals surface area contributed by atoms with E-state index in [-0.39, 0.29) is 5.78 Å². The summed E-state index contributed by atoms with van der Waals surface area (Å²) in [5.41, 5.74) is 6.75. The van der Waals surface area contributed by atoms with Crippen molar-refractivity contribution in [2.24, 2.45) is 5.73 Å². The molecule has 1 unspecified atom stereocenters. The van der Waals surface area contributed by atoms with E-state index < -0.39 is 6.04 Å². The van der Waals surface area contributed by atoms with Crippen molar-refractivity contribution in [3.63, 3.8) is 0 Å². The highest BCUT2D eigenvalue weighted by Crippen LogP contribution is 2.13. The molecule has 1 aromatic rings. The zero-order valence-corrected chi connectivity index (χ0v) is 9.90. The first-order valence-electron chi connectivity index (χ1n) is 5.61. The number of hydrogen-bond donors (Lipinski definition) is 1. The van der Waals surface area contributed by atoms with E-state index in [0.717, 1.165) is 24.3 Å². The van der Waals surface area contributed by atoms with Gasteiger partial charge in [0.05, 0.1) is 12.6 Å². The van der Waals surface area contributed by atoms with Crippen LogP contribution in [0.2, 0.25) is 0 Å². The quantitative estimate of drug-likeness (QED) is 0.798. The molecule has 0 spiro atoms. The Bertz CT molecular complexity index is 332. The molecule has 0 fully saturated rings. The lowest BCUT2D eigenvalue weighted by molar-refractivity contribution is -0.118. The van der Waals surface area contributed by atoms with Crippen molar-refractivity contribution in [3.8, 4) is 5.75 Å². The molecule has 0 saturated heterocycles. The highest BCUT2D eigenvalue weighted by molar-refractivity contribution is 5.81. The van der Waals surface area contributed by atoms with Crippen LogP contribution in [0.3, 0.4) is 0 Å². The molecule has 3 heteroatoms. The van der Waals surface area contributed by atoms with Crippen LogP contribution in [0.5, 0.6) is 5.75 Å². The molecule has 1 aromatic carbocycles. The van der Waals surface area contributed by atoms with Crippen molar-refractivity contribution >= 4 is 5.78 Å². The van der Waals surface area contributed by atoms with Crippen molar-refractivity contribution in [1.29, 1.82) is 0 Å². The van der Waals surface area contributed by atoms with Gasteiger partial charge in [-0.3, -0.25) is 4.79 Å². The number of carbonyl (C=O) groups excluding carboxylic acids is 1. The number of nitrogens with two attached hydrogens (primary N) is 1. The third-order valence-electron chi connectivity index (χ3n) is 2.37. The van der Waals surface area contributed by atoms with Gasteiger partial charge in [0.1, 0.15) is 11.5 Å². The fourth-order valence-electron chi connectivity index (χ4n) is 1.34. The van der Waals surface area contributed by atoms with E-state index in [1.54, 1.807) is 0 Å². The Morgan fingerprint density at radius 2 is 2.00 bits per heavy atom. The van der Waals surface area contributed by atoms with E-state index in [2.05, 4.69) is 6.92 Å². The summed E-state index contributed by atoms with van der Waals surface area (Å²) in [7, 11) is 0. The van der Waals surface area contributed by atoms with Crippen LogP contribution in [-0.4, -0.2) is 18.4 Å². The van der Waals surface area contributed by atoms with E-state index in [4.69, 9.17) is 10.5 Å². The summed E-state index contributed by atoms with van der Waals surface area (Å²) >= 11 is 0. The first-order valence-corrected chi connectivity index (χ1v) is 5.61. The maximum Gasteiger partial charge on any atom is 0.146 e. The van der Waals surface area contributed by atoms with Gasteiger partial charge < -0.3 is 10.5 Å². The molecule has 0 aliphatic heterocycles. The average Bonchev–Trinajstić information content (AvgIpc) is 2.28. The number of ketones is 1. The van der Waals surface area contributed by atoms with Crippen LogP contribution < -0.4 is 10.5 Å². The molecule has 16 heavy (non-hydrogen) atoms. The molecule has 0 aliphatic carbocycles. The number of rotatable bonds is 6. The summed E-state index contributed by atoms with van der Waals surface area (Å²) in [6.07, 6.45) is 1.58. The number of hydrogen-bond acceptors (Lipinski definition) is 3. The van der Waals surface area contributed by atoms with Gasteiger partial charge in [0.25, 0.3) is 0 Å². The van der Waals surface area contributed by atoms with E-state index in [1.807, 2.05) is 24.3 Å². The SMILES string of the molecule is CCCOc1ccc(CC(N)C(C)=O)cc1. The normalized spacial score (nSPS) is 12.2. The summed E-state index contributed by atoms with van der Waals surface area (Å²) in [4.78, 5) is 11.0. The lowest BCUT2D eigenvalue weighted by Crippen LogP contribution is -2.30. The largest absolute Gasteiger partial charge is 0.494 e. The van der Waals surface area contributed by atoms with Crippen LogP contribution >= 0.6 is 0 Å². The van der Waals surface area contributed by atoms with Crippen molar-refractivity contribution in [3.05, 3.63) is 29.8 Å². The molecular formula is C13H19NO2. The molecule has 88 valence electrons. The second-order valence-corrected chi connectivity index (χ2v) is 3.91. The summed E-state index contributed by atoms with van der Waals surface area (Å²) in [6, 6.07) is 7.33. The molecule has 0 heterocycles. The van der Waals surface area contributed by atoms with Crippen molar-refractivity contribution in [2.45, 2.75) is 32.7 Å². The van der Waals surface area contributed by atoms with Gasteiger partial charge in [-0.2, -0.15) is 0 Å². The smallest absolute Gasteiger partial charge is 0.146 e. The van der Waals surface area contributed by atoms with Crippen LogP contribution in [0.4, 0.5) is 0 Å². The predicted molar refractivity (Wildman–Crippen MR) is 64.6 cm³/mol. The fourth-order valence-corrected chi connectivity index (χ4v) is 1.34. The minimum absolute atomic E-state index is 0.0197. The van der Waals surface area contributed by atoms with Crippen LogP contribution in [0, 0.1) is 0 Å². The second kappa shape index (κ2) is 6.28. The van der Waals surface area contributed by atoms with E-state index in [0.29, 0.717) is 6.42 Å². The Hall–Kier alpha value is -1.35. The minimum atomic E-state index is -0.401. The van der Waals surface area contributed by atoms with Gasteiger partial charge in [-0.05, 0) is 37.5 Å². The molecule has 1 rings (SSSR count). The molecule has 0 aromatic heterocycles. The van der Waals surface area contributed by atoms with Gasteiger partial charge >= 0.3 is 0 Å². The van der Waals surface area contributed by atoms with E-state index in [1.165, 1.54) is 6.92 Å². The highest BCUT2D eigenvalue weighted by atomic mass is 16.5. The standard InChI is InChI=1S/C13H19NO2/c1-3-8-16-12-6-4-11(5-7-12)9-13(14)10(2)15/h4-7,13H,3,8-9,14H2,1-2H3. The molecule has 0 amide bonds. The molecule has 1 atom stereocenters. The van der Waals surface area contributed by atoms with Crippen LogP contribution in [-0.2, 0) is 11.2 Å². The minimum Gasteiger partial charge on any atom is -0.494 e. The third kappa shape index (κ3) is 4.03. The summed E-state index contributed by atoms with van der Waals surface area (Å²) in [6.45, 7) is 4.32. The Balaban J connectivity index is 2.54. The topological polar surface area (TPSA) is 52.3 Å². The van der Waals surface area contributed by atoms with Crippen LogP contribution in [0.15, 0.2) is 24.3 Å². The molecule has 0 bridgehead atoms. The monoisotopic (exact) mass is 221 g/mol. The van der Waals surface area contributed by atoms with E-state index in [9.17, 15) is 4.79 Å². The number of benzene rings is 1. The first kappa shape index (κ1) is 12.7. The maximum atomic E-state index is 11.0. The number of ether oxygens (including phenoxy) is 1. The second-order valence-electron chi connectivity index (χ2n) is 3.91. The van der Waals surface area contributed by atoms with Gasteiger partial charge in [0, 0.05) is 0 Å². The van der Waals surface area contributed by atoms with Crippen molar-refractivity contribution in [1.82, 2.24) is 0 Å². The molecule has 3 nitrogen and oxygen atoms in total. The molecule has 0 radical (unpaired) electrons. The average molecular weight is 221 g/mol. The first-order chi connectivity index (χ1) is 7.63. The fraction of sp³-hybridized carbons (Fsp3) is 0.462.